The summed E-state index contributed by atoms with van der Waals surface area (Å²) in [5.41, 5.74) is 4.62. The minimum atomic E-state index is -1.93. The minimum absolute atomic E-state index is 0.183. The molecular weight excluding hydrogens is 336 g/mol. The van der Waals surface area contributed by atoms with E-state index in [-0.39, 0.29) is 12.4 Å². The van der Waals surface area contributed by atoms with Gasteiger partial charge in [-0.05, 0) is 23.3 Å². The number of carbonyl (C=O) groups excluding carboxylic acids is 1. The average molecular weight is 365 g/mol. The Kier molecular flexibility index (Phi) is 7.65. The predicted octanol–water partition coefficient (Wildman–Crippen LogP) is 5.11. The molecule has 0 unspecified atom stereocenters. The highest BCUT2D eigenvalue weighted by atomic mass is 28.3. The Morgan fingerprint density at radius 3 is 2.27 bits per heavy atom. The van der Waals surface area contributed by atoms with Gasteiger partial charge in [0.1, 0.15) is 8.07 Å². The van der Waals surface area contributed by atoms with Crippen molar-refractivity contribution in [1.82, 2.24) is 0 Å². The summed E-state index contributed by atoms with van der Waals surface area (Å²) in [6.07, 6.45) is 4.03. The molecule has 0 fully saturated rings. The zero-order chi connectivity index (χ0) is 18.8. The SMILES string of the molecule is CCCCOC(=O)CC=C=C(c1ccccc1)[Si](C)(C)c1ccccc1. The monoisotopic (exact) mass is 364 g/mol. The summed E-state index contributed by atoms with van der Waals surface area (Å²) < 4.78 is 5.23. The van der Waals surface area contributed by atoms with Gasteiger partial charge in [0.15, 0.2) is 0 Å². The van der Waals surface area contributed by atoms with Crippen molar-refractivity contribution in [2.45, 2.75) is 39.3 Å². The van der Waals surface area contributed by atoms with Crippen molar-refractivity contribution in [3.8, 4) is 0 Å². The summed E-state index contributed by atoms with van der Waals surface area (Å²) in [6, 6.07) is 20.9. The second kappa shape index (κ2) is 9.96. The molecule has 3 heteroatoms. The molecule has 0 heterocycles. The van der Waals surface area contributed by atoms with E-state index in [0.717, 1.165) is 12.8 Å². The quantitative estimate of drug-likeness (QED) is 0.281. The van der Waals surface area contributed by atoms with Gasteiger partial charge in [0.25, 0.3) is 0 Å². The summed E-state index contributed by atoms with van der Waals surface area (Å²) in [4.78, 5) is 11.9. The molecule has 0 bridgehead atoms. The molecule has 2 rings (SSSR count). The molecule has 0 N–H and O–H groups in total. The van der Waals surface area contributed by atoms with Crippen molar-refractivity contribution in [2.75, 3.05) is 6.61 Å². The molecule has 0 spiro atoms. The number of benzene rings is 2. The molecule has 26 heavy (non-hydrogen) atoms. The van der Waals surface area contributed by atoms with E-state index in [2.05, 4.69) is 62.1 Å². The van der Waals surface area contributed by atoms with Gasteiger partial charge < -0.3 is 4.74 Å². The van der Waals surface area contributed by atoms with Crippen LogP contribution in [0.2, 0.25) is 13.1 Å². The van der Waals surface area contributed by atoms with Gasteiger partial charge in [-0.2, -0.15) is 0 Å². The van der Waals surface area contributed by atoms with Crippen molar-refractivity contribution >= 4 is 24.4 Å². The van der Waals surface area contributed by atoms with Crippen LogP contribution in [0.15, 0.2) is 72.5 Å². The summed E-state index contributed by atoms with van der Waals surface area (Å²) in [6.45, 7) is 7.23. The molecule has 0 atom stereocenters. The lowest BCUT2D eigenvalue weighted by Crippen LogP contribution is -2.42. The predicted molar refractivity (Wildman–Crippen MR) is 112 cm³/mol. The lowest BCUT2D eigenvalue weighted by Gasteiger charge is -2.25. The number of carbonyl (C=O) groups is 1. The van der Waals surface area contributed by atoms with Crippen molar-refractivity contribution in [2.24, 2.45) is 0 Å². The van der Waals surface area contributed by atoms with Crippen molar-refractivity contribution in [1.29, 1.82) is 0 Å². The molecule has 0 amide bonds. The van der Waals surface area contributed by atoms with Gasteiger partial charge in [-0.15, -0.1) is 5.73 Å². The lowest BCUT2D eigenvalue weighted by atomic mass is 10.2. The topological polar surface area (TPSA) is 26.3 Å². The molecule has 2 aromatic carbocycles. The van der Waals surface area contributed by atoms with Crippen molar-refractivity contribution in [3.63, 3.8) is 0 Å². The van der Waals surface area contributed by atoms with Crippen LogP contribution in [0.3, 0.4) is 0 Å². The third-order valence-corrected chi connectivity index (χ3v) is 7.92. The summed E-state index contributed by atoms with van der Waals surface area (Å²) >= 11 is 0. The molecule has 0 aliphatic carbocycles. The summed E-state index contributed by atoms with van der Waals surface area (Å²) in [7, 11) is -1.93. The van der Waals surface area contributed by atoms with E-state index in [1.54, 1.807) is 0 Å². The first-order valence-electron chi connectivity index (χ1n) is 9.28. The number of esters is 1. The largest absolute Gasteiger partial charge is 0.465 e. The van der Waals surface area contributed by atoms with Gasteiger partial charge in [0.05, 0.1) is 13.0 Å². The Morgan fingerprint density at radius 2 is 1.65 bits per heavy atom. The number of rotatable bonds is 8. The van der Waals surface area contributed by atoms with Crippen LogP contribution in [-0.4, -0.2) is 20.7 Å². The summed E-state index contributed by atoms with van der Waals surface area (Å²) in [5.74, 6) is -0.183. The third-order valence-electron chi connectivity index (χ3n) is 4.46. The first kappa shape index (κ1) is 20.0. The van der Waals surface area contributed by atoms with Crippen LogP contribution in [0.5, 0.6) is 0 Å². The molecule has 0 saturated heterocycles. The van der Waals surface area contributed by atoms with E-state index in [4.69, 9.17) is 4.74 Å². The Hall–Kier alpha value is -2.35. The van der Waals surface area contributed by atoms with Gasteiger partial charge >= 0.3 is 5.97 Å². The van der Waals surface area contributed by atoms with Gasteiger partial charge in [0.2, 0.25) is 0 Å². The van der Waals surface area contributed by atoms with E-state index >= 15 is 0 Å². The summed E-state index contributed by atoms with van der Waals surface area (Å²) in [5, 5.41) is 2.55. The second-order valence-corrected chi connectivity index (χ2v) is 11.2. The maximum atomic E-state index is 11.9. The molecule has 2 aromatic rings. The smallest absolute Gasteiger partial charge is 0.310 e. The minimum Gasteiger partial charge on any atom is -0.465 e. The van der Waals surface area contributed by atoms with E-state index in [1.165, 1.54) is 15.9 Å². The van der Waals surface area contributed by atoms with Gasteiger partial charge in [-0.3, -0.25) is 4.79 Å². The molecule has 2 nitrogen and oxygen atoms in total. The number of unbranched alkanes of at least 4 members (excludes halogenated alkanes) is 1. The average Bonchev–Trinajstić information content (AvgIpc) is 2.66. The molecule has 0 aliphatic rings. The second-order valence-electron chi connectivity index (χ2n) is 6.86. The van der Waals surface area contributed by atoms with Crippen LogP contribution >= 0.6 is 0 Å². The zero-order valence-corrected chi connectivity index (χ0v) is 17.0. The van der Waals surface area contributed by atoms with Gasteiger partial charge in [-0.25, -0.2) is 0 Å². The Labute approximate surface area is 158 Å². The highest BCUT2D eigenvalue weighted by Gasteiger charge is 2.29. The van der Waals surface area contributed by atoms with Crippen LogP contribution in [0, 0.1) is 0 Å². The van der Waals surface area contributed by atoms with Gasteiger partial charge in [-0.1, -0.05) is 92.3 Å². The van der Waals surface area contributed by atoms with Crippen LogP contribution < -0.4 is 5.19 Å². The van der Waals surface area contributed by atoms with E-state index in [1.807, 2.05) is 30.3 Å². The maximum Gasteiger partial charge on any atom is 0.310 e. The maximum absolute atomic E-state index is 11.9. The lowest BCUT2D eigenvalue weighted by molar-refractivity contribution is -0.142. The fourth-order valence-electron chi connectivity index (χ4n) is 2.85. The fraction of sp³-hybridized carbons (Fsp3) is 0.304. The standard InChI is InChI=1S/C23H28O2Si/c1-4-5-19-25-23(24)18-12-17-22(20-13-8-6-9-14-20)26(2,3)21-15-10-7-11-16-21/h6-16H,4-5,18-19H2,1-3H3. The zero-order valence-electron chi connectivity index (χ0n) is 16.0. The molecule has 136 valence electrons. The van der Waals surface area contributed by atoms with Crippen molar-refractivity contribution in [3.05, 3.63) is 78.0 Å². The normalized spacial score (nSPS) is 10.7. The number of ether oxygens (including phenoxy) is 1. The van der Waals surface area contributed by atoms with Crippen LogP contribution in [0.1, 0.15) is 31.7 Å². The Balaban J connectivity index is 2.30. The van der Waals surface area contributed by atoms with E-state index < -0.39 is 8.07 Å². The van der Waals surface area contributed by atoms with Crippen LogP contribution in [0.25, 0.3) is 5.20 Å². The molecule has 0 aromatic heterocycles. The van der Waals surface area contributed by atoms with E-state index in [0.29, 0.717) is 6.61 Å². The van der Waals surface area contributed by atoms with Crippen molar-refractivity contribution < 1.29 is 9.53 Å². The third kappa shape index (κ3) is 5.59. The first-order chi connectivity index (χ1) is 12.6. The Bertz CT molecular complexity index is 757. The highest BCUT2D eigenvalue weighted by Crippen LogP contribution is 2.25. The Morgan fingerprint density at radius 1 is 1.04 bits per heavy atom. The molecule has 0 saturated carbocycles. The number of hydrogen-bond donors (Lipinski definition) is 0. The fourth-order valence-corrected chi connectivity index (χ4v) is 5.52. The van der Waals surface area contributed by atoms with Crippen LogP contribution in [0.4, 0.5) is 0 Å². The van der Waals surface area contributed by atoms with E-state index in [9.17, 15) is 4.79 Å². The molecular formula is C23H28O2Si. The first-order valence-corrected chi connectivity index (χ1v) is 12.3. The highest BCUT2D eigenvalue weighted by molar-refractivity contribution is 7.04. The molecule has 0 aliphatic heterocycles. The molecule has 0 radical (unpaired) electrons. The number of hydrogen-bond acceptors (Lipinski definition) is 2. The van der Waals surface area contributed by atoms with Gasteiger partial charge in [0, 0.05) is 0 Å². The van der Waals surface area contributed by atoms with Crippen LogP contribution in [-0.2, 0) is 9.53 Å².